The van der Waals surface area contributed by atoms with E-state index in [0.717, 1.165) is 44.2 Å². The fraction of sp³-hybridized carbons (Fsp3) is 0.600. The molecule has 28 heavy (non-hydrogen) atoms. The number of nitrogens with one attached hydrogen (secondary N) is 2. The highest BCUT2D eigenvalue weighted by molar-refractivity contribution is 14.0. The van der Waals surface area contributed by atoms with Crippen LogP contribution in [-0.2, 0) is 4.74 Å². The number of hydrogen-bond donors (Lipinski definition) is 2. The van der Waals surface area contributed by atoms with E-state index in [1.165, 1.54) is 0 Å². The highest BCUT2D eigenvalue weighted by Gasteiger charge is 2.36. The number of carbonyl (C=O) groups is 1. The molecule has 2 heterocycles. The summed E-state index contributed by atoms with van der Waals surface area (Å²) in [7, 11) is 0. The Morgan fingerprint density at radius 1 is 1.18 bits per heavy atom. The van der Waals surface area contributed by atoms with Crippen molar-refractivity contribution >= 4 is 41.7 Å². The molecule has 0 radical (unpaired) electrons. The molecule has 0 aromatic heterocycles. The Balaban J connectivity index is 0.00000280. The standard InChI is InChI=1S/C20H31N5O2.HI/c1-20(2,3)27-19(26)24-12-13-25-17(15-24)14-23-18(25)22-11-7-10-21-16-8-5-4-6-9-16;/h4-6,8-9,17,21H,7,10-15H2,1-3H3,(H,22,23);1H. The van der Waals surface area contributed by atoms with Crippen LogP contribution >= 0.6 is 24.0 Å². The van der Waals surface area contributed by atoms with Crippen molar-refractivity contribution in [2.75, 3.05) is 44.6 Å². The summed E-state index contributed by atoms with van der Waals surface area (Å²) in [5, 5.41) is 6.86. The number of benzene rings is 1. The molecule has 0 bridgehead atoms. The molecule has 1 aromatic carbocycles. The summed E-state index contributed by atoms with van der Waals surface area (Å²) in [5.41, 5.74) is 0.690. The molecule has 7 nitrogen and oxygen atoms in total. The van der Waals surface area contributed by atoms with Crippen LogP contribution in [0.5, 0.6) is 0 Å². The number of nitrogens with zero attached hydrogens (tertiary/aromatic N) is 3. The number of para-hydroxylation sites is 1. The third-order valence-electron chi connectivity index (χ3n) is 4.60. The number of rotatable bonds is 5. The van der Waals surface area contributed by atoms with Crippen molar-refractivity contribution in [1.82, 2.24) is 15.1 Å². The number of hydrogen-bond acceptors (Lipinski definition) is 6. The van der Waals surface area contributed by atoms with Crippen molar-refractivity contribution in [3.05, 3.63) is 30.3 Å². The van der Waals surface area contributed by atoms with E-state index in [1.54, 1.807) is 4.90 Å². The van der Waals surface area contributed by atoms with Crippen LogP contribution in [0.25, 0.3) is 0 Å². The van der Waals surface area contributed by atoms with Crippen molar-refractivity contribution in [3.8, 4) is 0 Å². The van der Waals surface area contributed by atoms with Gasteiger partial charge in [0.05, 0.1) is 12.6 Å². The first-order valence-electron chi connectivity index (χ1n) is 9.74. The monoisotopic (exact) mass is 501 g/mol. The van der Waals surface area contributed by atoms with Crippen LogP contribution < -0.4 is 10.6 Å². The van der Waals surface area contributed by atoms with Gasteiger partial charge in [-0.15, -0.1) is 24.0 Å². The number of guanidine groups is 1. The number of halogens is 1. The fourth-order valence-electron chi connectivity index (χ4n) is 3.30. The predicted octanol–water partition coefficient (Wildman–Crippen LogP) is 2.99. The summed E-state index contributed by atoms with van der Waals surface area (Å²) < 4.78 is 5.49. The number of amides is 1. The number of anilines is 1. The lowest BCUT2D eigenvalue weighted by atomic mass is 10.2. The summed E-state index contributed by atoms with van der Waals surface area (Å²) in [6, 6.07) is 10.5. The molecule has 1 amide bonds. The first-order chi connectivity index (χ1) is 12.9. The molecule has 0 saturated carbocycles. The molecule has 8 heteroatoms. The normalized spacial score (nSPS) is 18.7. The van der Waals surface area contributed by atoms with Crippen LogP contribution in [-0.4, -0.2) is 72.8 Å². The Hall–Kier alpha value is -1.71. The molecule has 1 fully saturated rings. The van der Waals surface area contributed by atoms with Crippen molar-refractivity contribution in [1.29, 1.82) is 0 Å². The van der Waals surface area contributed by atoms with E-state index in [2.05, 4.69) is 32.7 Å². The van der Waals surface area contributed by atoms with Crippen molar-refractivity contribution < 1.29 is 9.53 Å². The molecule has 1 unspecified atom stereocenters. The minimum absolute atomic E-state index is 0. The van der Waals surface area contributed by atoms with Gasteiger partial charge >= 0.3 is 6.09 Å². The SMILES string of the molecule is CC(C)(C)OC(=O)N1CCN2C(NCCCNc3ccccc3)=NCC2C1.I. The Bertz CT molecular complexity index is 662. The smallest absolute Gasteiger partial charge is 0.410 e. The summed E-state index contributed by atoms with van der Waals surface area (Å²) in [6.45, 7) is 10.3. The predicted molar refractivity (Wildman–Crippen MR) is 124 cm³/mol. The van der Waals surface area contributed by atoms with Crippen molar-refractivity contribution in [2.24, 2.45) is 4.99 Å². The summed E-state index contributed by atoms with van der Waals surface area (Å²) >= 11 is 0. The zero-order chi connectivity index (χ0) is 19.3. The molecule has 1 atom stereocenters. The summed E-state index contributed by atoms with van der Waals surface area (Å²) in [5.74, 6) is 0.962. The Labute approximate surface area is 184 Å². The van der Waals surface area contributed by atoms with E-state index < -0.39 is 5.60 Å². The molecule has 1 saturated heterocycles. The molecule has 2 aliphatic heterocycles. The van der Waals surface area contributed by atoms with Crippen LogP contribution in [0.3, 0.4) is 0 Å². The first kappa shape index (κ1) is 22.6. The van der Waals surface area contributed by atoms with E-state index in [0.29, 0.717) is 13.1 Å². The van der Waals surface area contributed by atoms with E-state index in [1.807, 2.05) is 39.0 Å². The highest BCUT2D eigenvalue weighted by atomic mass is 127. The van der Waals surface area contributed by atoms with Gasteiger partial charge in [0.15, 0.2) is 5.96 Å². The second-order valence-corrected chi connectivity index (χ2v) is 8.01. The maximum absolute atomic E-state index is 12.3. The van der Waals surface area contributed by atoms with Gasteiger partial charge in [-0.05, 0) is 39.3 Å². The fourth-order valence-corrected chi connectivity index (χ4v) is 3.30. The van der Waals surface area contributed by atoms with Gasteiger partial charge in [0.1, 0.15) is 5.60 Å². The van der Waals surface area contributed by atoms with E-state index in [9.17, 15) is 4.79 Å². The second kappa shape index (κ2) is 10.2. The van der Waals surface area contributed by atoms with Gasteiger partial charge in [0.2, 0.25) is 0 Å². The lowest BCUT2D eigenvalue weighted by Crippen LogP contribution is -2.57. The number of fused-ring (bicyclic) bond motifs is 1. The topological polar surface area (TPSA) is 69.2 Å². The number of carbonyl (C=O) groups excluding carboxylic acids is 1. The molecule has 3 rings (SSSR count). The van der Waals surface area contributed by atoms with E-state index >= 15 is 0 Å². The molecular weight excluding hydrogens is 469 g/mol. The van der Waals surface area contributed by atoms with Crippen molar-refractivity contribution in [3.63, 3.8) is 0 Å². The van der Waals surface area contributed by atoms with Gasteiger partial charge in [-0.25, -0.2) is 4.79 Å². The van der Waals surface area contributed by atoms with Gasteiger partial charge in [0.25, 0.3) is 0 Å². The third kappa shape index (κ3) is 6.42. The largest absolute Gasteiger partial charge is 0.444 e. The van der Waals surface area contributed by atoms with Gasteiger partial charge in [-0.3, -0.25) is 4.99 Å². The molecule has 2 aliphatic rings. The molecule has 0 spiro atoms. The highest BCUT2D eigenvalue weighted by Crippen LogP contribution is 2.18. The number of piperazine rings is 1. The number of aliphatic imine (C=N–C) groups is 1. The molecule has 0 aliphatic carbocycles. The van der Waals surface area contributed by atoms with Gasteiger partial charge in [-0.1, -0.05) is 18.2 Å². The van der Waals surface area contributed by atoms with E-state index in [4.69, 9.17) is 4.74 Å². The summed E-state index contributed by atoms with van der Waals surface area (Å²) in [6.07, 6.45) is 0.784. The molecule has 1 aromatic rings. The maximum Gasteiger partial charge on any atom is 0.410 e. The quantitative estimate of drug-likeness (QED) is 0.480. The minimum Gasteiger partial charge on any atom is -0.444 e. The zero-order valence-electron chi connectivity index (χ0n) is 17.0. The molecule has 156 valence electrons. The molecule has 2 N–H and O–H groups in total. The Kier molecular flexibility index (Phi) is 8.21. The Morgan fingerprint density at radius 3 is 2.61 bits per heavy atom. The lowest BCUT2D eigenvalue weighted by molar-refractivity contribution is 0.0137. The average molecular weight is 501 g/mol. The zero-order valence-corrected chi connectivity index (χ0v) is 19.3. The van der Waals surface area contributed by atoms with Crippen LogP contribution in [0, 0.1) is 0 Å². The van der Waals surface area contributed by atoms with Crippen LogP contribution in [0.4, 0.5) is 10.5 Å². The third-order valence-corrected chi connectivity index (χ3v) is 4.60. The second-order valence-electron chi connectivity index (χ2n) is 8.01. The van der Waals surface area contributed by atoms with Gasteiger partial charge in [0, 0.05) is 38.4 Å². The van der Waals surface area contributed by atoms with Crippen molar-refractivity contribution in [2.45, 2.75) is 38.8 Å². The number of ether oxygens (including phenoxy) is 1. The molecular formula is C20H32IN5O2. The minimum atomic E-state index is -0.457. The lowest BCUT2D eigenvalue weighted by Gasteiger charge is -2.39. The Morgan fingerprint density at radius 2 is 1.89 bits per heavy atom. The van der Waals surface area contributed by atoms with Crippen LogP contribution in [0.15, 0.2) is 35.3 Å². The van der Waals surface area contributed by atoms with Crippen LogP contribution in [0.2, 0.25) is 0 Å². The van der Waals surface area contributed by atoms with E-state index in [-0.39, 0.29) is 36.1 Å². The summed E-state index contributed by atoms with van der Waals surface area (Å²) in [4.78, 5) is 21.0. The first-order valence-corrected chi connectivity index (χ1v) is 9.74. The van der Waals surface area contributed by atoms with Gasteiger partial charge in [-0.2, -0.15) is 0 Å². The van der Waals surface area contributed by atoms with Gasteiger partial charge < -0.3 is 25.2 Å². The van der Waals surface area contributed by atoms with Crippen LogP contribution in [0.1, 0.15) is 27.2 Å². The maximum atomic E-state index is 12.3. The average Bonchev–Trinajstić information content (AvgIpc) is 3.03.